The molecule has 3 aromatic rings. The number of hydrogen-bond acceptors (Lipinski definition) is 4. The van der Waals surface area contributed by atoms with Gasteiger partial charge in [-0.2, -0.15) is 0 Å². The van der Waals surface area contributed by atoms with E-state index >= 15 is 0 Å². The molecule has 1 atom stereocenters. The molecule has 0 aliphatic carbocycles. The number of rotatable bonds is 8. The molecule has 1 amide bonds. The van der Waals surface area contributed by atoms with Gasteiger partial charge in [0.05, 0.1) is 9.92 Å². The van der Waals surface area contributed by atoms with E-state index in [9.17, 15) is 13.2 Å². The molecular weight excluding hydrogens is 471 g/mol. The van der Waals surface area contributed by atoms with Gasteiger partial charge in [0.15, 0.2) is 6.61 Å². The summed E-state index contributed by atoms with van der Waals surface area (Å²) in [4.78, 5) is 12.2. The lowest BCUT2D eigenvalue weighted by Gasteiger charge is -2.15. The molecule has 2 N–H and O–H groups in total. The van der Waals surface area contributed by atoms with Crippen molar-refractivity contribution in [2.75, 3.05) is 11.9 Å². The molecule has 0 bridgehead atoms. The zero-order valence-corrected chi connectivity index (χ0v) is 19.8. The summed E-state index contributed by atoms with van der Waals surface area (Å²) in [7, 11) is -3.81. The molecule has 168 valence electrons. The monoisotopic (exact) mass is 492 g/mol. The van der Waals surface area contributed by atoms with E-state index in [-0.39, 0.29) is 22.3 Å². The van der Waals surface area contributed by atoms with Crippen molar-refractivity contribution >= 4 is 44.8 Å². The summed E-state index contributed by atoms with van der Waals surface area (Å²) in [6, 6.07) is 18.0. The molecule has 32 heavy (non-hydrogen) atoms. The van der Waals surface area contributed by atoms with E-state index in [1.807, 2.05) is 37.3 Å². The van der Waals surface area contributed by atoms with Crippen LogP contribution in [0, 0.1) is 6.92 Å². The highest BCUT2D eigenvalue weighted by Crippen LogP contribution is 2.28. The third-order valence-electron chi connectivity index (χ3n) is 4.68. The normalized spacial score (nSPS) is 12.2. The summed E-state index contributed by atoms with van der Waals surface area (Å²) in [6.07, 6.45) is 0. The predicted octanol–water partition coefficient (Wildman–Crippen LogP) is 5.36. The topological polar surface area (TPSA) is 84.5 Å². The molecule has 3 aromatic carbocycles. The Morgan fingerprint density at radius 3 is 2.44 bits per heavy atom. The van der Waals surface area contributed by atoms with Gasteiger partial charge in [0.2, 0.25) is 10.0 Å². The Hall–Kier alpha value is -2.58. The second-order valence-corrected chi connectivity index (χ2v) is 9.70. The molecule has 0 fully saturated rings. The maximum Gasteiger partial charge on any atom is 0.262 e. The molecule has 0 unspecified atom stereocenters. The van der Waals surface area contributed by atoms with Crippen molar-refractivity contribution < 1.29 is 17.9 Å². The van der Waals surface area contributed by atoms with Gasteiger partial charge < -0.3 is 10.1 Å². The first-order valence-corrected chi connectivity index (χ1v) is 12.0. The molecule has 0 aromatic heterocycles. The number of benzene rings is 3. The van der Waals surface area contributed by atoms with Crippen LogP contribution in [0.3, 0.4) is 0 Å². The third-order valence-corrected chi connectivity index (χ3v) is 6.75. The molecule has 0 spiro atoms. The van der Waals surface area contributed by atoms with Crippen LogP contribution in [0.2, 0.25) is 10.0 Å². The lowest BCUT2D eigenvalue weighted by Crippen LogP contribution is -2.27. The number of ether oxygens (including phenoxy) is 1. The number of nitrogens with one attached hydrogen (secondary N) is 2. The number of halogens is 2. The highest BCUT2D eigenvalue weighted by atomic mass is 35.5. The van der Waals surface area contributed by atoms with E-state index in [1.165, 1.54) is 18.2 Å². The number of aryl methyl sites for hydroxylation is 1. The van der Waals surface area contributed by atoms with Crippen molar-refractivity contribution in [2.45, 2.75) is 24.8 Å². The van der Waals surface area contributed by atoms with E-state index in [1.54, 1.807) is 25.1 Å². The second kappa shape index (κ2) is 10.4. The van der Waals surface area contributed by atoms with Gasteiger partial charge in [0, 0.05) is 16.8 Å². The SMILES string of the molecule is Cc1ccc(Cl)cc1NC(=O)COc1ccc(S(=O)(=O)N[C@H](C)c2ccccc2)cc1Cl. The van der Waals surface area contributed by atoms with Crippen molar-refractivity contribution in [1.82, 2.24) is 4.72 Å². The quantitative estimate of drug-likeness (QED) is 0.443. The standard InChI is InChI=1S/C23H22Cl2N2O4S/c1-15-8-9-18(24)12-21(15)26-23(28)14-31-22-11-10-19(13-20(22)25)32(29,30)27-16(2)17-6-4-3-5-7-17/h3-13,16,27H,14H2,1-2H3,(H,26,28)/t16-/m1/s1. The van der Waals surface area contributed by atoms with Gasteiger partial charge in [0.1, 0.15) is 5.75 Å². The van der Waals surface area contributed by atoms with Crippen LogP contribution < -0.4 is 14.8 Å². The second-order valence-electron chi connectivity index (χ2n) is 7.14. The Kier molecular flexibility index (Phi) is 7.79. The molecule has 0 heterocycles. The first-order chi connectivity index (χ1) is 15.2. The summed E-state index contributed by atoms with van der Waals surface area (Å²) < 4.78 is 33.5. The van der Waals surface area contributed by atoms with Gasteiger partial charge in [-0.05, 0) is 55.3 Å². The number of carbonyl (C=O) groups is 1. The zero-order valence-electron chi connectivity index (χ0n) is 17.4. The van der Waals surface area contributed by atoms with Crippen LogP contribution in [-0.4, -0.2) is 20.9 Å². The lowest BCUT2D eigenvalue weighted by molar-refractivity contribution is -0.118. The van der Waals surface area contributed by atoms with Crippen molar-refractivity contribution in [2.24, 2.45) is 0 Å². The van der Waals surface area contributed by atoms with Gasteiger partial charge in [-0.25, -0.2) is 13.1 Å². The summed E-state index contributed by atoms with van der Waals surface area (Å²) in [5.41, 5.74) is 2.27. The molecule has 3 rings (SSSR count). The Labute approximate surface area is 197 Å². The average molecular weight is 493 g/mol. The predicted molar refractivity (Wildman–Crippen MR) is 127 cm³/mol. The molecule has 0 saturated carbocycles. The first-order valence-electron chi connectivity index (χ1n) is 9.71. The number of sulfonamides is 1. The summed E-state index contributed by atoms with van der Waals surface area (Å²) >= 11 is 12.2. The van der Waals surface area contributed by atoms with Crippen molar-refractivity contribution in [3.8, 4) is 5.75 Å². The van der Waals surface area contributed by atoms with Crippen LogP contribution >= 0.6 is 23.2 Å². The maximum atomic E-state index is 12.7. The molecule has 0 aliphatic heterocycles. The highest BCUT2D eigenvalue weighted by molar-refractivity contribution is 7.89. The van der Waals surface area contributed by atoms with Gasteiger partial charge in [-0.1, -0.05) is 59.6 Å². The Morgan fingerprint density at radius 1 is 1.03 bits per heavy atom. The van der Waals surface area contributed by atoms with Crippen LogP contribution in [0.4, 0.5) is 5.69 Å². The summed E-state index contributed by atoms with van der Waals surface area (Å²) in [6.45, 7) is 3.29. The van der Waals surface area contributed by atoms with Gasteiger partial charge in [0.25, 0.3) is 5.91 Å². The highest BCUT2D eigenvalue weighted by Gasteiger charge is 2.20. The number of amides is 1. The molecule has 0 saturated heterocycles. The summed E-state index contributed by atoms with van der Waals surface area (Å²) in [5.74, 6) is -0.207. The average Bonchev–Trinajstić information content (AvgIpc) is 2.75. The smallest absolute Gasteiger partial charge is 0.262 e. The van der Waals surface area contributed by atoms with Crippen LogP contribution in [-0.2, 0) is 14.8 Å². The van der Waals surface area contributed by atoms with E-state index in [0.29, 0.717) is 10.7 Å². The Bertz CT molecular complexity index is 1220. The van der Waals surface area contributed by atoms with Crippen LogP contribution in [0.25, 0.3) is 0 Å². The van der Waals surface area contributed by atoms with E-state index in [0.717, 1.165) is 11.1 Å². The minimum absolute atomic E-state index is 0.00312. The van der Waals surface area contributed by atoms with Crippen molar-refractivity contribution in [3.05, 3.63) is 87.9 Å². The minimum Gasteiger partial charge on any atom is -0.482 e. The zero-order chi connectivity index (χ0) is 23.3. The molecule has 9 heteroatoms. The van der Waals surface area contributed by atoms with E-state index in [4.69, 9.17) is 27.9 Å². The van der Waals surface area contributed by atoms with Crippen LogP contribution in [0.15, 0.2) is 71.6 Å². The molecule has 0 aliphatic rings. The van der Waals surface area contributed by atoms with E-state index < -0.39 is 22.0 Å². The Balaban J connectivity index is 1.64. The minimum atomic E-state index is -3.81. The first kappa shape index (κ1) is 24.1. The summed E-state index contributed by atoms with van der Waals surface area (Å²) in [5, 5.41) is 3.29. The molecule has 6 nitrogen and oxygen atoms in total. The third kappa shape index (κ3) is 6.23. The lowest BCUT2D eigenvalue weighted by atomic mass is 10.1. The number of anilines is 1. The van der Waals surface area contributed by atoms with Crippen LogP contribution in [0.1, 0.15) is 24.1 Å². The van der Waals surface area contributed by atoms with Crippen LogP contribution in [0.5, 0.6) is 5.75 Å². The largest absolute Gasteiger partial charge is 0.482 e. The van der Waals surface area contributed by atoms with Crippen molar-refractivity contribution in [3.63, 3.8) is 0 Å². The fourth-order valence-electron chi connectivity index (χ4n) is 2.93. The van der Waals surface area contributed by atoms with Crippen molar-refractivity contribution in [1.29, 1.82) is 0 Å². The van der Waals surface area contributed by atoms with E-state index in [2.05, 4.69) is 10.0 Å². The fraction of sp³-hybridized carbons (Fsp3) is 0.174. The number of hydrogen-bond donors (Lipinski definition) is 2. The molecular formula is C23H22Cl2N2O4S. The van der Waals surface area contributed by atoms with Gasteiger partial charge in [-0.3, -0.25) is 4.79 Å². The fourth-order valence-corrected chi connectivity index (χ4v) is 4.66. The Morgan fingerprint density at radius 2 is 1.75 bits per heavy atom. The maximum absolute atomic E-state index is 12.7. The van der Waals surface area contributed by atoms with Gasteiger partial charge >= 0.3 is 0 Å². The number of carbonyl (C=O) groups excluding carboxylic acids is 1. The molecule has 0 radical (unpaired) electrons. The van der Waals surface area contributed by atoms with Gasteiger partial charge in [-0.15, -0.1) is 0 Å².